The van der Waals surface area contributed by atoms with E-state index < -0.39 is 0 Å². The van der Waals surface area contributed by atoms with Crippen molar-refractivity contribution in [3.8, 4) is 0 Å². The zero-order valence-electron chi connectivity index (χ0n) is 9.70. The summed E-state index contributed by atoms with van der Waals surface area (Å²) < 4.78 is 12.8. The largest absolute Gasteiger partial charge is 0.332 e. The van der Waals surface area contributed by atoms with Crippen LogP contribution in [0.15, 0.2) is 24.3 Å². The molecule has 0 saturated heterocycles. The van der Waals surface area contributed by atoms with Gasteiger partial charge in [-0.15, -0.1) is 11.6 Å². The Morgan fingerprint density at radius 2 is 2.06 bits per heavy atom. The van der Waals surface area contributed by atoms with Gasteiger partial charge in [-0.1, -0.05) is 12.1 Å². The number of alkyl halides is 1. The molecule has 1 atom stereocenters. The molecule has 0 bridgehead atoms. The molecule has 92 valence electrons. The highest BCUT2D eigenvalue weighted by Crippen LogP contribution is 2.34. The first kappa shape index (κ1) is 12.4. The van der Waals surface area contributed by atoms with Gasteiger partial charge in [0.15, 0.2) is 0 Å². The predicted octanol–water partition coefficient (Wildman–Crippen LogP) is 3.12. The van der Waals surface area contributed by atoms with E-state index in [4.69, 9.17) is 11.6 Å². The smallest absolute Gasteiger partial charge is 0.238 e. The van der Waals surface area contributed by atoms with Crippen LogP contribution in [0.2, 0.25) is 0 Å². The molecule has 0 spiro atoms. The van der Waals surface area contributed by atoms with E-state index >= 15 is 0 Å². The van der Waals surface area contributed by atoms with Gasteiger partial charge < -0.3 is 4.90 Å². The zero-order chi connectivity index (χ0) is 12.4. The minimum atomic E-state index is -0.261. The standard InChI is InChI=1S/C13H15ClFNO/c1-9(10-2-4-11(15)5-3-10)16(12-6-7-12)13(17)8-14/h2-5,9,12H,6-8H2,1H3/t9-/m0/s1. The van der Waals surface area contributed by atoms with Crippen LogP contribution < -0.4 is 0 Å². The van der Waals surface area contributed by atoms with Crippen LogP contribution in [-0.2, 0) is 4.79 Å². The summed E-state index contributed by atoms with van der Waals surface area (Å²) in [5.41, 5.74) is 0.941. The van der Waals surface area contributed by atoms with Gasteiger partial charge in [-0.05, 0) is 37.5 Å². The quantitative estimate of drug-likeness (QED) is 0.757. The summed E-state index contributed by atoms with van der Waals surface area (Å²) in [7, 11) is 0. The predicted molar refractivity (Wildman–Crippen MR) is 65.4 cm³/mol. The average Bonchev–Trinajstić information content (AvgIpc) is 3.14. The highest BCUT2D eigenvalue weighted by atomic mass is 35.5. The number of hydrogen-bond donors (Lipinski definition) is 0. The van der Waals surface area contributed by atoms with Crippen LogP contribution in [0.1, 0.15) is 31.4 Å². The molecular formula is C13H15ClFNO. The normalized spacial score (nSPS) is 16.6. The minimum absolute atomic E-state index is 0.00202. The van der Waals surface area contributed by atoms with Crippen molar-refractivity contribution in [2.45, 2.75) is 31.8 Å². The van der Waals surface area contributed by atoms with Gasteiger partial charge in [-0.25, -0.2) is 4.39 Å². The third kappa shape index (κ3) is 2.78. The second-order valence-electron chi connectivity index (χ2n) is 4.39. The van der Waals surface area contributed by atoms with E-state index in [1.807, 2.05) is 11.8 Å². The average molecular weight is 256 g/mol. The van der Waals surface area contributed by atoms with Gasteiger partial charge in [0.05, 0.1) is 6.04 Å². The monoisotopic (exact) mass is 255 g/mol. The SMILES string of the molecule is C[C@@H](c1ccc(F)cc1)N(C(=O)CCl)C1CC1. The van der Waals surface area contributed by atoms with Crippen molar-refractivity contribution in [3.05, 3.63) is 35.6 Å². The Balaban J connectivity index is 2.18. The van der Waals surface area contributed by atoms with Crippen molar-refractivity contribution < 1.29 is 9.18 Å². The van der Waals surface area contributed by atoms with Crippen LogP contribution in [-0.4, -0.2) is 22.7 Å². The van der Waals surface area contributed by atoms with E-state index in [0.717, 1.165) is 18.4 Å². The van der Waals surface area contributed by atoms with E-state index in [2.05, 4.69) is 0 Å². The van der Waals surface area contributed by atoms with E-state index in [1.165, 1.54) is 12.1 Å². The number of halogens is 2. The van der Waals surface area contributed by atoms with E-state index in [-0.39, 0.29) is 23.6 Å². The Labute approximate surface area is 105 Å². The van der Waals surface area contributed by atoms with E-state index in [1.54, 1.807) is 12.1 Å². The Bertz CT molecular complexity index is 402. The summed E-state index contributed by atoms with van der Waals surface area (Å²) >= 11 is 5.62. The van der Waals surface area contributed by atoms with Crippen LogP contribution in [0.25, 0.3) is 0 Å². The number of rotatable bonds is 4. The summed E-state index contributed by atoms with van der Waals surface area (Å²) in [4.78, 5) is 13.6. The molecule has 0 aromatic heterocycles. The Morgan fingerprint density at radius 3 is 2.53 bits per heavy atom. The molecule has 0 aliphatic heterocycles. The summed E-state index contributed by atoms with van der Waals surface area (Å²) in [6.07, 6.45) is 2.07. The fourth-order valence-corrected chi connectivity index (χ4v) is 2.20. The molecule has 1 aromatic rings. The van der Waals surface area contributed by atoms with Crippen LogP contribution in [0.4, 0.5) is 4.39 Å². The van der Waals surface area contributed by atoms with Gasteiger partial charge in [-0.2, -0.15) is 0 Å². The number of hydrogen-bond acceptors (Lipinski definition) is 1. The lowest BCUT2D eigenvalue weighted by Crippen LogP contribution is -2.36. The van der Waals surface area contributed by atoms with Crippen molar-refractivity contribution in [2.75, 3.05) is 5.88 Å². The zero-order valence-corrected chi connectivity index (χ0v) is 10.5. The lowest BCUT2D eigenvalue weighted by Gasteiger charge is -2.29. The molecule has 1 aliphatic rings. The first-order valence-corrected chi connectivity index (χ1v) is 6.29. The van der Waals surface area contributed by atoms with E-state index in [0.29, 0.717) is 6.04 Å². The van der Waals surface area contributed by atoms with Gasteiger partial charge >= 0.3 is 0 Å². The van der Waals surface area contributed by atoms with Crippen LogP contribution in [0.5, 0.6) is 0 Å². The molecule has 0 unspecified atom stereocenters. The summed E-state index contributed by atoms with van der Waals surface area (Å²) in [5.74, 6) is -0.309. The summed E-state index contributed by atoms with van der Waals surface area (Å²) in [5, 5.41) is 0. The highest BCUT2D eigenvalue weighted by Gasteiger charge is 2.35. The third-order valence-electron chi connectivity index (χ3n) is 3.11. The first-order valence-electron chi connectivity index (χ1n) is 5.76. The minimum Gasteiger partial charge on any atom is -0.332 e. The van der Waals surface area contributed by atoms with Crippen LogP contribution >= 0.6 is 11.6 Å². The molecule has 1 aliphatic carbocycles. The highest BCUT2D eigenvalue weighted by molar-refractivity contribution is 6.27. The van der Waals surface area contributed by atoms with Crippen molar-refractivity contribution in [1.29, 1.82) is 0 Å². The molecule has 17 heavy (non-hydrogen) atoms. The molecule has 2 nitrogen and oxygen atoms in total. The number of carbonyl (C=O) groups is 1. The number of amides is 1. The van der Waals surface area contributed by atoms with Crippen molar-refractivity contribution >= 4 is 17.5 Å². The second-order valence-corrected chi connectivity index (χ2v) is 4.66. The van der Waals surface area contributed by atoms with Crippen molar-refractivity contribution in [1.82, 2.24) is 4.90 Å². The van der Waals surface area contributed by atoms with Crippen molar-refractivity contribution in [2.24, 2.45) is 0 Å². The molecule has 0 N–H and O–H groups in total. The fourth-order valence-electron chi connectivity index (χ4n) is 2.06. The van der Waals surface area contributed by atoms with Gasteiger partial charge in [0, 0.05) is 6.04 Å². The number of nitrogens with zero attached hydrogens (tertiary/aromatic N) is 1. The molecule has 0 heterocycles. The number of benzene rings is 1. The third-order valence-corrected chi connectivity index (χ3v) is 3.34. The van der Waals surface area contributed by atoms with E-state index in [9.17, 15) is 9.18 Å². The van der Waals surface area contributed by atoms with Gasteiger partial charge in [0.1, 0.15) is 11.7 Å². The van der Waals surface area contributed by atoms with Crippen molar-refractivity contribution in [3.63, 3.8) is 0 Å². The van der Waals surface area contributed by atoms with Gasteiger partial charge in [0.2, 0.25) is 5.91 Å². The van der Waals surface area contributed by atoms with Crippen LogP contribution in [0, 0.1) is 5.82 Å². The Kier molecular flexibility index (Phi) is 3.67. The molecule has 1 saturated carbocycles. The molecule has 1 amide bonds. The summed E-state index contributed by atoms with van der Waals surface area (Å²) in [6.45, 7) is 1.95. The number of carbonyl (C=O) groups excluding carboxylic acids is 1. The fraction of sp³-hybridized carbons (Fsp3) is 0.462. The maximum absolute atomic E-state index is 12.8. The molecule has 1 aromatic carbocycles. The topological polar surface area (TPSA) is 20.3 Å². The second kappa shape index (κ2) is 5.05. The lowest BCUT2D eigenvalue weighted by atomic mass is 10.1. The molecule has 4 heteroatoms. The van der Waals surface area contributed by atoms with Gasteiger partial charge in [0.25, 0.3) is 0 Å². The van der Waals surface area contributed by atoms with Crippen LogP contribution in [0.3, 0.4) is 0 Å². The molecular weight excluding hydrogens is 241 g/mol. The van der Waals surface area contributed by atoms with Gasteiger partial charge in [-0.3, -0.25) is 4.79 Å². The molecule has 0 radical (unpaired) electrons. The first-order chi connectivity index (χ1) is 8.13. The maximum Gasteiger partial charge on any atom is 0.238 e. The summed E-state index contributed by atoms with van der Waals surface area (Å²) in [6, 6.07) is 6.54. The maximum atomic E-state index is 12.8. The lowest BCUT2D eigenvalue weighted by molar-refractivity contribution is -0.131. The Hall–Kier alpha value is -1.09. The Morgan fingerprint density at radius 1 is 1.47 bits per heavy atom. The molecule has 2 rings (SSSR count). The molecule has 1 fully saturated rings.